The molecule has 5 heteroatoms. The molecule has 1 aromatic carbocycles. The van der Waals surface area contributed by atoms with Crippen LogP contribution in [0, 0.1) is 0 Å². The predicted molar refractivity (Wildman–Crippen MR) is 66.6 cm³/mol. The molecule has 0 N–H and O–H groups in total. The molecule has 1 heterocycles. The summed E-state index contributed by atoms with van der Waals surface area (Å²) in [5.74, 6) is -0.760. The molecule has 0 bridgehead atoms. The Balaban J connectivity index is 2.40. The minimum Gasteiger partial charge on any atom is -0.464 e. The summed E-state index contributed by atoms with van der Waals surface area (Å²) in [4.78, 5) is 11.9. The molecule has 1 aliphatic rings. The molecule has 0 radical (unpaired) electrons. The van der Waals surface area contributed by atoms with Crippen LogP contribution in [-0.2, 0) is 14.3 Å². The van der Waals surface area contributed by atoms with Crippen molar-refractivity contribution in [2.75, 3.05) is 6.61 Å². The van der Waals surface area contributed by atoms with Crippen molar-refractivity contribution in [1.29, 1.82) is 0 Å². The molecule has 4 nitrogen and oxygen atoms in total. The average Bonchev–Trinajstić information content (AvgIpc) is 2.26. The molecule has 98 valence electrons. The van der Waals surface area contributed by atoms with Crippen molar-refractivity contribution >= 4 is 17.6 Å². The highest BCUT2D eigenvalue weighted by Gasteiger charge is 2.39. The topological polar surface area (TPSA) is 44.8 Å². The summed E-state index contributed by atoms with van der Waals surface area (Å²) >= 11 is 5.92. The van der Waals surface area contributed by atoms with Crippen LogP contribution in [0.2, 0.25) is 5.02 Å². The van der Waals surface area contributed by atoms with Gasteiger partial charge in [-0.1, -0.05) is 17.7 Å². The summed E-state index contributed by atoms with van der Waals surface area (Å²) in [5, 5.41) is 0.550. The Morgan fingerprint density at radius 2 is 2.22 bits per heavy atom. The van der Waals surface area contributed by atoms with Crippen molar-refractivity contribution in [3.05, 3.63) is 28.8 Å². The van der Waals surface area contributed by atoms with Crippen LogP contribution in [0.1, 0.15) is 32.4 Å². The van der Waals surface area contributed by atoms with Crippen LogP contribution in [0.4, 0.5) is 0 Å². The summed E-state index contributed by atoms with van der Waals surface area (Å²) in [6.07, 6.45) is -0.777. The highest BCUT2D eigenvalue weighted by molar-refractivity contribution is 6.30. The third-order valence-electron chi connectivity index (χ3n) is 2.52. The van der Waals surface area contributed by atoms with E-state index >= 15 is 0 Å². The number of carbonyl (C=O) groups is 1. The maximum absolute atomic E-state index is 11.9. The van der Waals surface area contributed by atoms with Gasteiger partial charge in [0.25, 0.3) is 0 Å². The highest BCUT2D eigenvalue weighted by Crippen LogP contribution is 2.40. The zero-order valence-electron chi connectivity index (χ0n) is 10.5. The van der Waals surface area contributed by atoms with Crippen LogP contribution in [0.5, 0.6) is 5.75 Å². The van der Waals surface area contributed by atoms with Gasteiger partial charge in [0.05, 0.1) is 6.61 Å². The van der Waals surface area contributed by atoms with Gasteiger partial charge in [-0.3, -0.25) is 0 Å². The number of ether oxygens (including phenoxy) is 3. The molecule has 0 aromatic heterocycles. The van der Waals surface area contributed by atoms with Crippen LogP contribution >= 0.6 is 11.6 Å². The van der Waals surface area contributed by atoms with Crippen LogP contribution < -0.4 is 4.74 Å². The molecule has 0 aliphatic carbocycles. The van der Waals surface area contributed by atoms with E-state index in [0.29, 0.717) is 22.9 Å². The van der Waals surface area contributed by atoms with Crippen molar-refractivity contribution in [2.24, 2.45) is 0 Å². The summed E-state index contributed by atoms with van der Waals surface area (Å²) < 4.78 is 16.3. The van der Waals surface area contributed by atoms with Crippen molar-refractivity contribution < 1.29 is 19.0 Å². The molecule has 1 aliphatic heterocycles. The second-order valence-corrected chi connectivity index (χ2v) is 4.87. The van der Waals surface area contributed by atoms with Gasteiger partial charge < -0.3 is 14.2 Å². The maximum atomic E-state index is 11.9. The first-order valence-electron chi connectivity index (χ1n) is 5.76. The van der Waals surface area contributed by atoms with Crippen molar-refractivity contribution in [1.82, 2.24) is 0 Å². The van der Waals surface area contributed by atoms with E-state index in [-0.39, 0.29) is 0 Å². The molecule has 1 unspecified atom stereocenters. The fourth-order valence-electron chi connectivity index (χ4n) is 1.84. The number of halogens is 1. The summed E-state index contributed by atoms with van der Waals surface area (Å²) in [6, 6.07) is 5.08. The van der Waals surface area contributed by atoms with Crippen LogP contribution in [0.15, 0.2) is 18.2 Å². The van der Waals surface area contributed by atoms with E-state index in [1.54, 1.807) is 39.0 Å². The van der Waals surface area contributed by atoms with Gasteiger partial charge in [0.2, 0.25) is 5.79 Å². The van der Waals surface area contributed by atoms with Gasteiger partial charge in [-0.2, -0.15) is 0 Å². The lowest BCUT2D eigenvalue weighted by Gasteiger charge is -2.36. The van der Waals surface area contributed by atoms with Crippen LogP contribution in [0.25, 0.3) is 0 Å². The van der Waals surface area contributed by atoms with E-state index < -0.39 is 17.9 Å². The number of esters is 1. The first kappa shape index (κ1) is 13.2. The van der Waals surface area contributed by atoms with Crippen molar-refractivity contribution in [3.63, 3.8) is 0 Å². The number of benzene rings is 1. The molecule has 2 rings (SSSR count). The predicted octanol–water partition coefficient (Wildman–Crippen LogP) is 3.09. The minimum atomic E-state index is -0.894. The van der Waals surface area contributed by atoms with E-state index in [0.717, 1.165) is 0 Å². The smallest absolute Gasteiger partial charge is 0.340 e. The molecule has 0 fully saturated rings. The fraction of sp³-hybridized carbons (Fsp3) is 0.462. The Bertz CT molecular complexity index is 470. The number of carbonyl (C=O) groups excluding carboxylic acids is 1. The van der Waals surface area contributed by atoms with E-state index in [1.807, 2.05) is 0 Å². The molecule has 1 atom stereocenters. The number of hydrogen-bond donors (Lipinski definition) is 0. The first-order chi connectivity index (χ1) is 8.43. The lowest BCUT2D eigenvalue weighted by molar-refractivity contribution is -0.219. The standard InChI is InChI=1S/C13H15ClO4/c1-4-16-12(15)11-9-6-5-8(14)7-10(9)17-13(2,3)18-11/h5-7,11H,4H2,1-3H3. The lowest BCUT2D eigenvalue weighted by Crippen LogP contribution is -2.40. The zero-order valence-corrected chi connectivity index (χ0v) is 11.3. The SMILES string of the molecule is CCOC(=O)C1OC(C)(C)Oc2cc(Cl)ccc21. The Kier molecular flexibility index (Phi) is 3.50. The third-order valence-corrected chi connectivity index (χ3v) is 2.75. The number of rotatable bonds is 2. The zero-order chi connectivity index (χ0) is 13.3. The molecular formula is C13H15ClO4. The van der Waals surface area contributed by atoms with Crippen molar-refractivity contribution in [3.8, 4) is 5.75 Å². The van der Waals surface area contributed by atoms with Gasteiger partial charge in [-0.15, -0.1) is 0 Å². The second-order valence-electron chi connectivity index (χ2n) is 4.43. The Labute approximate surface area is 111 Å². The van der Waals surface area contributed by atoms with Gasteiger partial charge in [0.15, 0.2) is 6.10 Å². The van der Waals surface area contributed by atoms with E-state index in [2.05, 4.69) is 0 Å². The van der Waals surface area contributed by atoms with E-state index in [9.17, 15) is 4.79 Å². The summed E-state index contributed by atoms with van der Waals surface area (Å²) in [6.45, 7) is 5.54. The molecule has 0 saturated heterocycles. The Morgan fingerprint density at radius 3 is 2.89 bits per heavy atom. The van der Waals surface area contributed by atoms with Crippen molar-refractivity contribution in [2.45, 2.75) is 32.7 Å². The summed E-state index contributed by atoms with van der Waals surface area (Å²) in [7, 11) is 0. The van der Waals surface area contributed by atoms with E-state index in [1.165, 1.54) is 0 Å². The molecule has 1 aromatic rings. The van der Waals surface area contributed by atoms with Gasteiger partial charge in [-0.05, 0) is 19.1 Å². The third kappa shape index (κ3) is 2.60. The van der Waals surface area contributed by atoms with Gasteiger partial charge in [0.1, 0.15) is 5.75 Å². The Morgan fingerprint density at radius 1 is 1.50 bits per heavy atom. The molecular weight excluding hydrogens is 256 g/mol. The quantitative estimate of drug-likeness (QED) is 0.775. The average molecular weight is 271 g/mol. The minimum absolute atomic E-state index is 0.308. The van der Waals surface area contributed by atoms with Gasteiger partial charge >= 0.3 is 5.97 Å². The van der Waals surface area contributed by atoms with E-state index in [4.69, 9.17) is 25.8 Å². The lowest BCUT2D eigenvalue weighted by atomic mass is 10.1. The molecule has 0 amide bonds. The monoisotopic (exact) mass is 270 g/mol. The first-order valence-corrected chi connectivity index (χ1v) is 6.13. The Hall–Kier alpha value is -1.26. The largest absolute Gasteiger partial charge is 0.464 e. The number of fused-ring (bicyclic) bond motifs is 1. The van der Waals surface area contributed by atoms with Crippen LogP contribution in [-0.4, -0.2) is 18.4 Å². The number of hydrogen-bond acceptors (Lipinski definition) is 4. The molecule has 0 spiro atoms. The summed E-state index contributed by atoms with van der Waals surface area (Å²) in [5.41, 5.74) is 0.636. The normalized spacial score (nSPS) is 20.8. The highest BCUT2D eigenvalue weighted by atomic mass is 35.5. The fourth-order valence-corrected chi connectivity index (χ4v) is 2.00. The second kappa shape index (κ2) is 4.78. The van der Waals surface area contributed by atoms with Gasteiger partial charge in [-0.25, -0.2) is 4.79 Å². The maximum Gasteiger partial charge on any atom is 0.340 e. The van der Waals surface area contributed by atoms with Gasteiger partial charge in [0, 0.05) is 24.4 Å². The molecule has 18 heavy (non-hydrogen) atoms. The van der Waals surface area contributed by atoms with Crippen LogP contribution in [0.3, 0.4) is 0 Å². The molecule has 0 saturated carbocycles.